The van der Waals surface area contributed by atoms with Crippen molar-refractivity contribution in [2.24, 2.45) is 5.10 Å². The molecular formula is C25H26BrN3O5. The molecule has 0 spiro atoms. The third-order valence-electron chi connectivity index (χ3n) is 5.29. The SMILES string of the molecule is C=CCc1cc(C=Nn2c([C@H](C)CC)nc3ccc(Br)cc3c2=O)cc(OC)c1OCC(=O)O. The van der Waals surface area contributed by atoms with Crippen LogP contribution in [0.1, 0.15) is 43.1 Å². The van der Waals surface area contributed by atoms with E-state index in [2.05, 4.69) is 27.6 Å². The molecule has 0 aliphatic carbocycles. The molecule has 1 atom stereocenters. The van der Waals surface area contributed by atoms with Crippen LogP contribution in [-0.2, 0) is 11.2 Å². The van der Waals surface area contributed by atoms with E-state index in [4.69, 9.17) is 19.6 Å². The van der Waals surface area contributed by atoms with E-state index in [0.717, 1.165) is 10.9 Å². The van der Waals surface area contributed by atoms with Crippen LogP contribution in [0.5, 0.6) is 11.5 Å². The Hall–Kier alpha value is -3.46. The van der Waals surface area contributed by atoms with Gasteiger partial charge >= 0.3 is 5.97 Å². The highest BCUT2D eigenvalue weighted by molar-refractivity contribution is 9.10. The summed E-state index contributed by atoms with van der Waals surface area (Å²) in [5.41, 5.74) is 1.68. The number of ether oxygens (including phenoxy) is 2. The van der Waals surface area contributed by atoms with E-state index in [-0.39, 0.29) is 11.5 Å². The van der Waals surface area contributed by atoms with Crippen molar-refractivity contribution in [3.8, 4) is 11.5 Å². The Balaban J connectivity index is 2.14. The average Bonchev–Trinajstić information content (AvgIpc) is 2.82. The maximum atomic E-state index is 13.3. The van der Waals surface area contributed by atoms with Crippen LogP contribution in [0.3, 0.4) is 0 Å². The molecule has 0 bridgehead atoms. The molecule has 178 valence electrons. The fourth-order valence-corrected chi connectivity index (χ4v) is 3.78. The Bertz CT molecular complexity index is 1320. The van der Waals surface area contributed by atoms with Gasteiger partial charge in [0.25, 0.3) is 5.56 Å². The van der Waals surface area contributed by atoms with Gasteiger partial charge in [-0.15, -0.1) is 6.58 Å². The first-order chi connectivity index (χ1) is 16.3. The van der Waals surface area contributed by atoms with Gasteiger partial charge in [-0.1, -0.05) is 35.9 Å². The lowest BCUT2D eigenvalue weighted by Crippen LogP contribution is -2.23. The van der Waals surface area contributed by atoms with Crippen molar-refractivity contribution in [1.29, 1.82) is 0 Å². The van der Waals surface area contributed by atoms with E-state index in [1.165, 1.54) is 11.8 Å². The molecule has 3 aromatic rings. The van der Waals surface area contributed by atoms with Gasteiger partial charge in [-0.25, -0.2) is 9.78 Å². The zero-order valence-corrected chi connectivity index (χ0v) is 20.8. The number of benzene rings is 2. The molecule has 0 aliphatic rings. The summed E-state index contributed by atoms with van der Waals surface area (Å²) in [5.74, 6) is 0.173. The van der Waals surface area contributed by atoms with Gasteiger partial charge in [0.05, 0.1) is 24.2 Å². The number of allylic oxidation sites excluding steroid dienone is 1. The first-order valence-electron chi connectivity index (χ1n) is 10.7. The minimum Gasteiger partial charge on any atom is -0.493 e. The second kappa shape index (κ2) is 11.1. The van der Waals surface area contributed by atoms with Crippen LogP contribution in [0.4, 0.5) is 0 Å². The Morgan fingerprint density at radius 1 is 1.35 bits per heavy atom. The summed E-state index contributed by atoms with van der Waals surface area (Å²) in [6.45, 7) is 7.28. The highest BCUT2D eigenvalue weighted by atomic mass is 79.9. The first-order valence-corrected chi connectivity index (χ1v) is 11.5. The normalized spacial score (nSPS) is 12.1. The second-order valence-corrected chi connectivity index (χ2v) is 8.60. The van der Waals surface area contributed by atoms with E-state index in [0.29, 0.717) is 45.8 Å². The largest absolute Gasteiger partial charge is 0.493 e. The van der Waals surface area contributed by atoms with Crippen LogP contribution >= 0.6 is 15.9 Å². The van der Waals surface area contributed by atoms with Crippen LogP contribution < -0.4 is 15.0 Å². The van der Waals surface area contributed by atoms with Crippen molar-refractivity contribution >= 4 is 39.0 Å². The van der Waals surface area contributed by atoms with Gasteiger partial charge in [-0.3, -0.25) is 4.79 Å². The summed E-state index contributed by atoms with van der Waals surface area (Å²) in [4.78, 5) is 29.0. The van der Waals surface area contributed by atoms with Gasteiger partial charge in [-0.05, 0) is 48.7 Å². The van der Waals surface area contributed by atoms with Crippen molar-refractivity contribution in [3.05, 3.63) is 74.8 Å². The number of hydrogen-bond acceptors (Lipinski definition) is 6. The standard InChI is InChI=1S/C25H26BrN3O5/c1-5-7-17-10-16(11-21(33-4)23(17)34-14-22(30)31)13-27-29-24(15(3)6-2)28-20-9-8-18(26)12-19(20)25(29)32/h5,8-13,15H,1,6-7,14H2,2-4H3,(H,30,31)/t15-/m1/s1. The quantitative estimate of drug-likeness (QED) is 0.301. The third-order valence-corrected chi connectivity index (χ3v) is 5.78. The molecule has 1 aromatic heterocycles. The Morgan fingerprint density at radius 2 is 2.12 bits per heavy atom. The molecule has 34 heavy (non-hydrogen) atoms. The van der Waals surface area contributed by atoms with E-state index < -0.39 is 12.6 Å². The molecule has 2 aromatic carbocycles. The van der Waals surface area contributed by atoms with Gasteiger partial charge in [0.15, 0.2) is 18.1 Å². The van der Waals surface area contributed by atoms with Crippen LogP contribution in [0.2, 0.25) is 0 Å². The fraction of sp³-hybridized carbons (Fsp3) is 0.280. The van der Waals surface area contributed by atoms with Gasteiger partial charge in [0.1, 0.15) is 5.82 Å². The zero-order chi connectivity index (χ0) is 24.8. The Morgan fingerprint density at radius 3 is 2.76 bits per heavy atom. The maximum Gasteiger partial charge on any atom is 0.341 e. The van der Waals surface area contributed by atoms with Crippen molar-refractivity contribution < 1.29 is 19.4 Å². The van der Waals surface area contributed by atoms with E-state index >= 15 is 0 Å². The van der Waals surface area contributed by atoms with Gasteiger partial charge in [0, 0.05) is 16.0 Å². The van der Waals surface area contributed by atoms with Crippen LogP contribution in [-0.4, -0.2) is 40.7 Å². The van der Waals surface area contributed by atoms with Gasteiger partial charge in [0.2, 0.25) is 0 Å². The number of hydrogen-bond donors (Lipinski definition) is 1. The Labute approximate surface area is 205 Å². The summed E-state index contributed by atoms with van der Waals surface area (Å²) in [7, 11) is 1.47. The third kappa shape index (κ3) is 5.53. The highest BCUT2D eigenvalue weighted by Crippen LogP contribution is 2.33. The molecule has 0 amide bonds. The molecule has 0 radical (unpaired) electrons. The lowest BCUT2D eigenvalue weighted by atomic mass is 10.1. The lowest BCUT2D eigenvalue weighted by Gasteiger charge is -2.15. The zero-order valence-electron chi connectivity index (χ0n) is 19.2. The first kappa shape index (κ1) is 25.2. The molecule has 1 heterocycles. The van der Waals surface area contributed by atoms with Crippen LogP contribution in [0.15, 0.2) is 57.4 Å². The number of fused-ring (bicyclic) bond motifs is 1. The molecule has 0 unspecified atom stereocenters. The van der Waals surface area contributed by atoms with Gasteiger partial charge < -0.3 is 14.6 Å². The van der Waals surface area contributed by atoms with Crippen molar-refractivity contribution in [1.82, 2.24) is 9.66 Å². The van der Waals surface area contributed by atoms with E-state index in [1.807, 2.05) is 26.0 Å². The molecule has 3 rings (SSSR count). The smallest absolute Gasteiger partial charge is 0.341 e. The number of aromatic nitrogens is 2. The van der Waals surface area contributed by atoms with Crippen molar-refractivity contribution in [2.45, 2.75) is 32.6 Å². The number of nitrogens with zero attached hydrogens (tertiary/aromatic N) is 3. The second-order valence-electron chi connectivity index (χ2n) is 7.69. The van der Waals surface area contributed by atoms with E-state index in [1.54, 1.807) is 30.5 Å². The molecule has 0 saturated heterocycles. The summed E-state index contributed by atoms with van der Waals surface area (Å²) >= 11 is 3.41. The van der Waals surface area contributed by atoms with Crippen molar-refractivity contribution in [2.75, 3.05) is 13.7 Å². The summed E-state index contributed by atoms with van der Waals surface area (Å²) in [5, 5.41) is 13.9. The topological polar surface area (TPSA) is 103 Å². The van der Waals surface area contributed by atoms with Crippen LogP contribution in [0.25, 0.3) is 10.9 Å². The average molecular weight is 528 g/mol. The number of halogens is 1. The summed E-state index contributed by atoms with van der Waals surface area (Å²) in [6.07, 6.45) is 4.45. The molecule has 0 aliphatic heterocycles. The minimum atomic E-state index is -1.09. The van der Waals surface area contributed by atoms with Crippen molar-refractivity contribution in [3.63, 3.8) is 0 Å². The Kier molecular flexibility index (Phi) is 8.22. The molecule has 0 saturated carbocycles. The fourth-order valence-electron chi connectivity index (χ4n) is 3.42. The lowest BCUT2D eigenvalue weighted by molar-refractivity contribution is -0.139. The number of carbonyl (C=O) groups is 1. The monoisotopic (exact) mass is 527 g/mol. The molecular weight excluding hydrogens is 502 g/mol. The molecule has 9 heteroatoms. The number of methoxy groups -OCH3 is 1. The number of aliphatic carboxylic acids is 1. The molecule has 1 N–H and O–H groups in total. The summed E-state index contributed by atoms with van der Waals surface area (Å²) < 4.78 is 13.0. The van der Waals surface area contributed by atoms with Crippen LogP contribution in [0, 0.1) is 0 Å². The van der Waals surface area contributed by atoms with E-state index in [9.17, 15) is 9.59 Å². The predicted octanol–water partition coefficient (Wildman–Crippen LogP) is 4.76. The number of carboxylic acids is 1. The highest BCUT2D eigenvalue weighted by Gasteiger charge is 2.17. The molecule has 0 fully saturated rings. The van der Waals surface area contributed by atoms with Gasteiger partial charge in [-0.2, -0.15) is 9.78 Å². The predicted molar refractivity (Wildman–Crippen MR) is 135 cm³/mol. The molecule has 8 nitrogen and oxygen atoms in total. The maximum absolute atomic E-state index is 13.3. The number of carboxylic acid groups (broad SMARTS) is 1. The minimum absolute atomic E-state index is 0.00977. The number of rotatable bonds is 10. The summed E-state index contributed by atoms with van der Waals surface area (Å²) in [6, 6.07) is 8.86.